The fourth-order valence-corrected chi connectivity index (χ4v) is 3.08. The van der Waals surface area contributed by atoms with Gasteiger partial charge in [-0.05, 0) is 11.1 Å². The number of hydrogen-bond donors (Lipinski definition) is 2. The van der Waals surface area contributed by atoms with E-state index in [9.17, 15) is 19.5 Å². The first kappa shape index (κ1) is 20.3. The maximum atomic E-state index is 12.7. The summed E-state index contributed by atoms with van der Waals surface area (Å²) in [6, 6.07) is 15.5. The van der Waals surface area contributed by atoms with Crippen molar-refractivity contribution in [3.05, 3.63) is 71.8 Å². The van der Waals surface area contributed by atoms with E-state index in [0.717, 1.165) is 16.0 Å². The van der Waals surface area contributed by atoms with Gasteiger partial charge in [-0.25, -0.2) is 9.59 Å². The zero-order valence-electron chi connectivity index (χ0n) is 15.7. The van der Waals surface area contributed by atoms with Crippen molar-refractivity contribution < 1.29 is 29.0 Å². The number of nitrogens with one attached hydrogen (secondary N) is 1. The minimum atomic E-state index is -1.33. The van der Waals surface area contributed by atoms with Gasteiger partial charge in [-0.3, -0.25) is 9.69 Å². The van der Waals surface area contributed by atoms with Crippen LogP contribution >= 0.6 is 0 Å². The van der Waals surface area contributed by atoms with Gasteiger partial charge in [0.15, 0.2) is 6.04 Å². The number of carboxylic acids is 1. The molecule has 2 atom stereocenters. The molecule has 1 saturated heterocycles. The van der Waals surface area contributed by atoms with Gasteiger partial charge in [0.25, 0.3) is 0 Å². The number of nitrogens with zero attached hydrogens (tertiary/aromatic N) is 1. The predicted octanol–water partition coefficient (Wildman–Crippen LogP) is 1.79. The second-order valence-electron chi connectivity index (χ2n) is 6.54. The van der Waals surface area contributed by atoms with Gasteiger partial charge >= 0.3 is 18.0 Å². The highest BCUT2D eigenvalue weighted by atomic mass is 16.6. The largest absolute Gasteiger partial charge is 0.480 e. The summed E-state index contributed by atoms with van der Waals surface area (Å²) in [7, 11) is 0. The number of ether oxygens (including phenoxy) is 2. The Morgan fingerprint density at radius 3 is 2.03 bits per heavy atom. The molecule has 0 unspecified atom stereocenters. The van der Waals surface area contributed by atoms with Crippen LogP contribution in [0.15, 0.2) is 60.7 Å². The fraction of sp³-hybridized carbons (Fsp3) is 0.286. The molecule has 2 aromatic rings. The molecule has 0 bridgehead atoms. The maximum Gasteiger partial charge on any atom is 0.410 e. The Balaban J connectivity index is 1.69. The van der Waals surface area contributed by atoms with Crippen molar-refractivity contribution in [3.63, 3.8) is 0 Å². The molecule has 2 N–H and O–H groups in total. The number of benzene rings is 2. The Kier molecular flexibility index (Phi) is 6.80. The van der Waals surface area contributed by atoms with Crippen molar-refractivity contribution in [2.75, 3.05) is 13.1 Å². The third-order valence-electron chi connectivity index (χ3n) is 4.54. The highest BCUT2D eigenvalue weighted by Gasteiger charge is 2.44. The molecule has 0 spiro atoms. The molecule has 0 radical (unpaired) electrons. The lowest BCUT2D eigenvalue weighted by molar-refractivity contribution is -0.159. The Morgan fingerprint density at radius 1 is 0.931 bits per heavy atom. The van der Waals surface area contributed by atoms with Crippen molar-refractivity contribution >= 4 is 18.0 Å². The topological polar surface area (TPSA) is 105 Å². The highest BCUT2D eigenvalue weighted by molar-refractivity contribution is 5.89. The second-order valence-corrected chi connectivity index (χ2v) is 6.54. The minimum absolute atomic E-state index is 0.0184. The van der Waals surface area contributed by atoms with Gasteiger partial charge in [-0.2, -0.15) is 0 Å². The van der Waals surface area contributed by atoms with Crippen molar-refractivity contribution in [3.8, 4) is 0 Å². The van der Waals surface area contributed by atoms with Crippen LogP contribution in [0.2, 0.25) is 0 Å². The van der Waals surface area contributed by atoms with Gasteiger partial charge in [0.1, 0.15) is 19.3 Å². The SMILES string of the molecule is O=C(O)[C@H]1NCCN(C(=O)OCc2ccccc2)[C@H]1C(=O)OCc1ccccc1. The number of piperazine rings is 1. The quantitative estimate of drug-likeness (QED) is 0.715. The van der Waals surface area contributed by atoms with Crippen LogP contribution in [0, 0.1) is 0 Å². The minimum Gasteiger partial charge on any atom is -0.480 e. The van der Waals surface area contributed by atoms with Gasteiger partial charge < -0.3 is 19.9 Å². The van der Waals surface area contributed by atoms with Gasteiger partial charge in [0, 0.05) is 13.1 Å². The number of carboxylic acid groups (broad SMARTS) is 1. The average molecular weight is 398 g/mol. The lowest BCUT2D eigenvalue weighted by Gasteiger charge is -2.37. The number of rotatable bonds is 6. The Hall–Kier alpha value is -3.39. The molecular weight excluding hydrogens is 376 g/mol. The van der Waals surface area contributed by atoms with Crippen LogP contribution < -0.4 is 5.32 Å². The van der Waals surface area contributed by atoms with Gasteiger partial charge in [-0.15, -0.1) is 0 Å². The Morgan fingerprint density at radius 2 is 1.48 bits per heavy atom. The zero-order chi connectivity index (χ0) is 20.6. The standard InChI is InChI=1S/C21H22N2O6/c24-19(25)17-18(20(26)28-13-15-7-3-1-4-8-15)23(12-11-22-17)21(27)29-14-16-9-5-2-6-10-16/h1-10,17-18,22H,11-14H2,(H,24,25)/t17-,18+/m0/s1. The number of carbonyl (C=O) groups is 3. The third-order valence-corrected chi connectivity index (χ3v) is 4.54. The number of esters is 1. The molecular formula is C21H22N2O6. The predicted molar refractivity (Wildman–Crippen MR) is 103 cm³/mol. The van der Waals surface area contributed by atoms with Crippen LogP contribution in [0.4, 0.5) is 4.79 Å². The highest BCUT2D eigenvalue weighted by Crippen LogP contribution is 2.16. The van der Waals surface area contributed by atoms with Crippen LogP contribution in [0.3, 0.4) is 0 Å². The van der Waals surface area contributed by atoms with E-state index in [1.807, 2.05) is 24.3 Å². The molecule has 29 heavy (non-hydrogen) atoms. The smallest absolute Gasteiger partial charge is 0.410 e. The molecule has 0 aromatic heterocycles. The van der Waals surface area contributed by atoms with Crippen LogP contribution in [0.1, 0.15) is 11.1 Å². The second kappa shape index (κ2) is 9.70. The van der Waals surface area contributed by atoms with E-state index in [2.05, 4.69) is 5.32 Å². The van der Waals surface area contributed by atoms with Crippen LogP contribution in [-0.2, 0) is 32.3 Å². The van der Waals surface area contributed by atoms with Crippen molar-refractivity contribution in [2.45, 2.75) is 25.3 Å². The summed E-state index contributed by atoms with van der Waals surface area (Å²) >= 11 is 0. The van der Waals surface area contributed by atoms with Crippen LogP contribution in [-0.4, -0.2) is 53.2 Å². The third kappa shape index (κ3) is 5.32. The molecule has 0 saturated carbocycles. The first-order chi connectivity index (χ1) is 14.1. The molecule has 1 fully saturated rings. The van der Waals surface area contributed by atoms with E-state index in [4.69, 9.17) is 9.47 Å². The molecule has 8 nitrogen and oxygen atoms in total. The van der Waals surface area contributed by atoms with Crippen molar-refractivity contribution in [2.24, 2.45) is 0 Å². The Bertz CT molecular complexity index is 843. The van der Waals surface area contributed by atoms with Gasteiger partial charge in [0.2, 0.25) is 0 Å². The van der Waals surface area contributed by atoms with Crippen LogP contribution in [0.25, 0.3) is 0 Å². The normalized spacial score (nSPS) is 18.7. The van der Waals surface area contributed by atoms with Gasteiger partial charge in [-0.1, -0.05) is 60.7 Å². The summed E-state index contributed by atoms with van der Waals surface area (Å²) in [5.74, 6) is -2.04. The fourth-order valence-electron chi connectivity index (χ4n) is 3.08. The molecule has 1 heterocycles. The lowest BCUT2D eigenvalue weighted by Crippen LogP contribution is -2.65. The van der Waals surface area contributed by atoms with Crippen molar-refractivity contribution in [1.29, 1.82) is 0 Å². The van der Waals surface area contributed by atoms with E-state index in [0.29, 0.717) is 0 Å². The Labute approximate surface area is 168 Å². The number of amides is 1. The monoisotopic (exact) mass is 398 g/mol. The van der Waals surface area contributed by atoms with E-state index >= 15 is 0 Å². The number of hydrogen-bond acceptors (Lipinski definition) is 6. The summed E-state index contributed by atoms with van der Waals surface area (Å²) in [6.07, 6.45) is -0.761. The summed E-state index contributed by atoms with van der Waals surface area (Å²) in [5, 5.41) is 12.3. The summed E-state index contributed by atoms with van der Waals surface area (Å²) in [6.45, 7) is 0.352. The molecule has 1 aliphatic rings. The van der Waals surface area contributed by atoms with E-state index in [-0.39, 0.29) is 26.3 Å². The zero-order valence-corrected chi connectivity index (χ0v) is 15.7. The molecule has 152 valence electrons. The summed E-state index contributed by atoms with van der Waals surface area (Å²) in [4.78, 5) is 38.1. The molecule has 2 aromatic carbocycles. The average Bonchev–Trinajstić information content (AvgIpc) is 2.76. The van der Waals surface area contributed by atoms with Crippen molar-refractivity contribution in [1.82, 2.24) is 10.2 Å². The van der Waals surface area contributed by atoms with Crippen LogP contribution in [0.5, 0.6) is 0 Å². The lowest BCUT2D eigenvalue weighted by atomic mass is 10.0. The number of carbonyl (C=O) groups excluding carboxylic acids is 2. The van der Waals surface area contributed by atoms with E-state index in [1.165, 1.54) is 0 Å². The molecule has 1 aliphatic heterocycles. The molecule has 8 heteroatoms. The van der Waals surface area contributed by atoms with E-state index in [1.54, 1.807) is 36.4 Å². The molecule has 0 aliphatic carbocycles. The molecule has 3 rings (SSSR count). The first-order valence-corrected chi connectivity index (χ1v) is 9.20. The summed E-state index contributed by atoms with van der Waals surface area (Å²) in [5.41, 5.74) is 1.55. The maximum absolute atomic E-state index is 12.7. The number of aliphatic carboxylic acids is 1. The summed E-state index contributed by atoms with van der Waals surface area (Å²) < 4.78 is 10.6. The van der Waals surface area contributed by atoms with Gasteiger partial charge in [0.05, 0.1) is 0 Å². The first-order valence-electron chi connectivity index (χ1n) is 9.20. The molecule has 1 amide bonds. The van der Waals surface area contributed by atoms with E-state index < -0.39 is 30.1 Å².